The van der Waals surface area contributed by atoms with Gasteiger partial charge >= 0.3 is 6.16 Å². The molecule has 0 N–H and O–H groups in total. The molecule has 0 rings (SSSR count). The van der Waals surface area contributed by atoms with Crippen LogP contribution in [0.5, 0.6) is 0 Å². The molecule has 0 amide bonds. The van der Waals surface area contributed by atoms with E-state index in [0.717, 1.165) is 12.8 Å². The Kier molecular flexibility index (Phi) is 4.71. The van der Waals surface area contributed by atoms with Crippen molar-refractivity contribution >= 4 is 6.16 Å². The van der Waals surface area contributed by atoms with Crippen LogP contribution in [0.15, 0.2) is 0 Å². The summed E-state index contributed by atoms with van der Waals surface area (Å²) in [6.45, 7) is 8.87. The Morgan fingerprint density at radius 3 is 2.42 bits per heavy atom. The van der Waals surface area contributed by atoms with E-state index < -0.39 is 11.8 Å². The fraction of sp³-hybridized carbons (Fsp3) is 0.778. The van der Waals surface area contributed by atoms with Crippen LogP contribution < -0.4 is 0 Å². The second kappa shape index (κ2) is 5.01. The highest BCUT2D eigenvalue weighted by Crippen LogP contribution is 2.09. The van der Waals surface area contributed by atoms with Gasteiger partial charge < -0.3 is 9.47 Å². The number of carbonyl (C=O) groups is 1. The van der Waals surface area contributed by atoms with Gasteiger partial charge in [-0.1, -0.05) is 13.3 Å². The van der Waals surface area contributed by atoms with Crippen molar-refractivity contribution in [2.45, 2.75) is 46.1 Å². The van der Waals surface area contributed by atoms with Crippen LogP contribution in [0.2, 0.25) is 0 Å². The molecule has 0 bridgehead atoms. The quantitative estimate of drug-likeness (QED) is 0.486. The van der Waals surface area contributed by atoms with Gasteiger partial charge in [-0.15, -0.1) is 0 Å². The lowest BCUT2D eigenvalue weighted by molar-refractivity contribution is 0.00346. The van der Waals surface area contributed by atoms with Gasteiger partial charge in [-0.05, 0) is 27.2 Å². The van der Waals surface area contributed by atoms with E-state index in [9.17, 15) is 4.79 Å². The van der Waals surface area contributed by atoms with Crippen molar-refractivity contribution in [2.24, 2.45) is 0 Å². The summed E-state index contributed by atoms with van der Waals surface area (Å²) in [6, 6.07) is 0. The maximum absolute atomic E-state index is 10.9. The first-order chi connectivity index (χ1) is 5.45. The van der Waals surface area contributed by atoms with Crippen LogP contribution in [0.3, 0.4) is 0 Å². The highest BCUT2D eigenvalue weighted by molar-refractivity contribution is 5.60. The summed E-state index contributed by atoms with van der Waals surface area (Å²) in [5.41, 5.74) is -0.475. The predicted octanol–water partition coefficient (Wildman–Crippen LogP) is 2.90. The van der Waals surface area contributed by atoms with Crippen LogP contribution in [0.4, 0.5) is 4.79 Å². The second-order valence-electron chi connectivity index (χ2n) is 3.54. The zero-order chi connectivity index (χ0) is 9.61. The lowest BCUT2D eigenvalue weighted by Gasteiger charge is -2.18. The number of ether oxygens (including phenoxy) is 2. The Morgan fingerprint density at radius 1 is 1.42 bits per heavy atom. The van der Waals surface area contributed by atoms with Gasteiger partial charge in [0.15, 0.2) is 0 Å². The molecule has 0 aliphatic rings. The van der Waals surface area contributed by atoms with Gasteiger partial charge in [0.05, 0.1) is 0 Å². The first kappa shape index (κ1) is 11.3. The molecule has 0 aliphatic heterocycles. The number of unbranched alkanes of at least 4 members (excludes halogenated alkanes) is 1. The summed E-state index contributed by atoms with van der Waals surface area (Å²) in [7, 11) is 0. The Balaban J connectivity index is 3.47. The molecule has 1 radical (unpaired) electrons. The van der Waals surface area contributed by atoms with Crippen LogP contribution in [-0.2, 0) is 9.47 Å². The normalized spacial score (nSPS) is 11.0. The van der Waals surface area contributed by atoms with Crippen LogP contribution in [0, 0.1) is 6.61 Å². The van der Waals surface area contributed by atoms with E-state index in [4.69, 9.17) is 4.74 Å². The molecule has 0 aliphatic carbocycles. The van der Waals surface area contributed by atoms with Crippen molar-refractivity contribution < 1.29 is 14.3 Å². The summed E-state index contributed by atoms with van der Waals surface area (Å²) < 4.78 is 9.56. The number of hydrogen-bond donors (Lipinski definition) is 0. The highest BCUT2D eigenvalue weighted by atomic mass is 16.7. The van der Waals surface area contributed by atoms with Crippen molar-refractivity contribution in [3.63, 3.8) is 0 Å². The predicted molar refractivity (Wildman–Crippen MR) is 46.5 cm³/mol. The third-order valence-electron chi connectivity index (χ3n) is 0.976. The molecule has 12 heavy (non-hydrogen) atoms. The zero-order valence-corrected chi connectivity index (χ0v) is 8.22. The van der Waals surface area contributed by atoms with Gasteiger partial charge in [0.1, 0.15) is 12.2 Å². The van der Waals surface area contributed by atoms with Gasteiger partial charge in [0.25, 0.3) is 0 Å². The van der Waals surface area contributed by atoms with E-state index in [1.165, 1.54) is 6.61 Å². The topological polar surface area (TPSA) is 35.5 Å². The molecule has 0 atom stereocenters. The van der Waals surface area contributed by atoms with E-state index in [2.05, 4.69) is 4.74 Å². The second-order valence-corrected chi connectivity index (χ2v) is 3.54. The minimum absolute atomic E-state index is 0.475. The van der Waals surface area contributed by atoms with Crippen LogP contribution in [-0.4, -0.2) is 11.8 Å². The fourth-order valence-electron chi connectivity index (χ4n) is 0.519. The van der Waals surface area contributed by atoms with E-state index in [1.807, 2.05) is 6.92 Å². The minimum Gasteiger partial charge on any atom is -0.429 e. The van der Waals surface area contributed by atoms with Gasteiger partial charge in [-0.25, -0.2) is 4.79 Å². The molecule has 0 saturated heterocycles. The van der Waals surface area contributed by atoms with Gasteiger partial charge in [-0.2, -0.15) is 0 Å². The average Bonchev–Trinajstić information content (AvgIpc) is 1.84. The molecular weight excluding hydrogens is 156 g/mol. The summed E-state index contributed by atoms with van der Waals surface area (Å²) >= 11 is 0. The van der Waals surface area contributed by atoms with E-state index in [0.29, 0.717) is 0 Å². The van der Waals surface area contributed by atoms with Crippen LogP contribution >= 0.6 is 0 Å². The van der Waals surface area contributed by atoms with E-state index in [1.54, 1.807) is 20.8 Å². The summed E-state index contributed by atoms with van der Waals surface area (Å²) in [5, 5.41) is 0. The lowest BCUT2D eigenvalue weighted by atomic mass is 10.2. The van der Waals surface area contributed by atoms with Gasteiger partial charge in [0, 0.05) is 0 Å². The van der Waals surface area contributed by atoms with E-state index in [-0.39, 0.29) is 0 Å². The number of rotatable bonds is 3. The molecule has 0 fully saturated rings. The molecular formula is C9H17O3. The molecule has 0 heterocycles. The van der Waals surface area contributed by atoms with E-state index >= 15 is 0 Å². The van der Waals surface area contributed by atoms with Gasteiger partial charge in [0.2, 0.25) is 0 Å². The molecule has 0 spiro atoms. The molecule has 0 aromatic heterocycles. The Bertz CT molecular complexity index is 135. The van der Waals surface area contributed by atoms with Crippen molar-refractivity contribution in [3.8, 4) is 0 Å². The van der Waals surface area contributed by atoms with Crippen molar-refractivity contribution in [1.29, 1.82) is 0 Å². The molecule has 3 heteroatoms. The third kappa shape index (κ3) is 7.38. The fourth-order valence-corrected chi connectivity index (χ4v) is 0.519. The molecule has 0 aromatic carbocycles. The molecule has 71 valence electrons. The maximum atomic E-state index is 10.9. The Hall–Kier alpha value is -0.730. The Morgan fingerprint density at radius 2 is 2.00 bits per heavy atom. The molecule has 0 unspecified atom stereocenters. The largest absolute Gasteiger partial charge is 0.509 e. The van der Waals surface area contributed by atoms with Crippen molar-refractivity contribution in [3.05, 3.63) is 6.61 Å². The first-order valence-electron chi connectivity index (χ1n) is 4.17. The monoisotopic (exact) mass is 173 g/mol. The van der Waals surface area contributed by atoms with Crippen LogP contribution in [0.1, 0.15) is 40.5 Å². The van der Waals surface area contributed by atoms with Crippen LogP contribution in [0.25, 0.3) is 0 Å². The smallest absolute Gasteiger partial charge is 0.429 e. The Labute approximate surface area is 74.0 Å². The average molecular weight is 173 g/mol. The number of hydrogen-bond acceptors (Lipinski definition) is 3. The molecule has 0 aromatic rings. The third-order valence-corrected chi connectivity index (χ3v) is 0.976. The summed E-state index contributed by atoms with van der Waals surface area (Å²) in [6.07, 6.45) is 1.10. The SMILES string of the molecule is CCC[CH]OC(=O)OC(C)(C)C. The molecule has 3 nitrogen and oxygen atoms in total. The maximum Gasteiger partial charge on any atom is 0.509 e. The molecule has 0 saturated carbocycles. The lowest BCUT2D eigenvalue weighted by Crippen LogP contribution is -2.23. The standard InChI is InChI=1S/C9H17O3/c1-5-6-7-11-8(10)12-9(2,3)4/h7H,5-6H2,1-4H3. The van der Waals surface area contributed by atoms with Crippen molar-refractivity contribution in [1.82, 2.24) is 0 Å². The first-order valence-corrected chi connectivity index (χ1v) is 4.17. The zero-order valence-electron chi connectivity index (χ0n) is 8.22. The number of carbonyl (C=O) groups excluding carboxylic acids is 1. The van der Waals surface area contributed by atoms with Gasteiger partial charge in [-0.3, -0.25) is 0 Å². The summed E-state index contributed by atoms with van der Waals surface area (Å²) in [4.78, 5) is 10.9. The van der Waals surface area contributed by atoms with Crippen molar-refractivity contribution in [2.75, 3.05) is 0 Å². The summed E-state index contributed by atoms with van der Waals surface area (Å²) in [5.74, 6) is 0. The highest BCUT2D eigenvalue weighted by Gasteiger charge is 2.16. The minimum atomic E-state index is -0.629.